The number of aromatic nitrogens is 4. The lowest BCUT2D eigenvalue weighted by Crippen LogP contribution is -2.04. The molecule has 0 amide bonds. The van der Waals surface area contributed by atoms with Gasteiger partial charge >= 0.3 is 0 Å². The Kier molecular flexibility index (Phi) is 8.42. The maximum Gasteiger partial charge on any atom is 0.166 e. The van der Waals surface area contributed by atoms with Crippen LogP contribution in [0.3, 0.4) is 0 Å². The average Bonchev–Trinajstić information content (AvgIpc) is 3.90. The van der Waals surface area contributed by atoms with E-state index in [1.54, 1.807) is 0 Å². The average molecular weight is 793 g/mol. The van der Waals surface area contributed by atoms with Gasteiger partial charge in [0.1, 0.15) is 11.2 Å². The van der Waals surface area contributed by atoms with Crippen molar-refractivity contribution in [2.24, 2.45) is 0 Å². The largest absolute Gasteiger partial charge is 0.455 e. The van der Waals surface area contributed by atoms with Crippen molar-refractivity contribution in [3.05, 3.63) is 218 Å². The van der Waals surface area contributed by atoms with Gasteiger partial charge < -0.3 is 8.98 Å². The third-order valence-electron chi connectivity index (χ3n) is 11.9. The smallest absolute Gasteiger partial charge is 0.166 e. The number of para-hydroxylation sites is 2. The minimum absolute atomic E-state index is 0.573. The minimum Gasteiger partial charge on any atom is -0.455 e. The van der Waals surface area contributed by atoms with Gasteiger partial charge in [-0.15, -0.1) is 0 Å². The van der Waals surface area contributed by atoms with Crippen LogP contribution in [0.2, 0.25) is 0 Å². The minimum atomic E-state index is 0.573. The summed E-state index contributed by atoms with van der Waals surface area (Å²) in [6.07, 6.45) is 0. The second-order valence-electron chi connectivity index (χ2n) is 15.5. The van der Waals surface area contributed by atoms with E-state index in [9.17, 15) is 0 Å². The summed E-state index contributed by atoms with van der Waals surface area (Å²) in [4.78, 5) is 15.8. The van der Waals surface area contributed by atoms with Gasteiger partial charge in [0.25, 0.3) is 0 Å². The predicted molar refractivity (Wildman–Crippen MR) is 254 cm³/mol. The first kappa shape index (κ1) is 35.5. The maximum absolute atomic E-state index is 6.71. The summed E-state index contributed by atoms with van der Waals surface area (Å²) in [6, 6.07) is 76.3. The molecule has 0 atom stereocenters. The highest BCUT2D eigenvalue weighted by atomic mass is 16.3. The Morgan fingerprint density at radius 2 is 0.871 bits per heavy atom. The molecule has 0 radical (unpaired) electrons. The highest BCUT2D eigenvalue weighted by molar-refractivity contribution is 6.24. The first-order valence-corrected chi connectivity index (χ1v) is 20.9. The second kappa shape index (κ2) is 14.7. The van der Waals surface area contributed by atoms with Gasteiger partial charge in [-0.05, 0) is 69.8 Å². The highest BCUT2D eigenvalue weighted by Crippen LogP contribution is 2.45. The van der Waals surface area contributed by atoms with Crippen LogP contribution in [-0.2, 0) is 0 Å². The van der Waals surface area contributed by atoms with E-state index in [0.29, 0.717) is 17.5 Å². The highest BCUT2D eigenvalue weighted by Gasteiger charge is 2.24. The van der Waals surface area contributed by atoms with Crippen LogP contribution in [-0.4, -0.2) is 19.5 Å². The summed E-state index contributed by atoms with van der Waals surface area (Å²) in [6.45, 7) is 0. The Morgan fingerprint density at radius 3 is 1.50 bits per heavy atom. The predicted octanol–water partition coefficient (Wildman–Crippen LogP) is 14.9. The third-order valence-corrected chi connectivity index (χ3v) is 11.9. The Morgan fingerprint density at radius 1 is 0.339 bits per heavy atom. The molecule has 9 aromatic carbocycles. The van der Waals surface area contributed by atoms with Crippen molar-refractivity contribution in [2.75, 3.05) is 0 Å². The number of hydrogen-bond donors (Lipinski definition) is 0. The molecule has 12 rings (SSSR count). The van der Waals surface area contributed by atoms with E-state index in [1.165, 1.54) is 0 Å². The molecule has 3 aromatic heterocycles. The topological polar surface area (TPSA) is 56.7 Å². The lowest BCUT2D eigenvalue weighted by atomic mass is 9.87. The molecule has 5 heteroatoms. The SMILES string of the molecule is c1ccc(-c2nc(-c3ccccc3)nc(-c3cc(-c4c(-c5ccccc5)cccc4-c4ccccc4)ccc3-n3c4ccccc4c4c5oc6ccccc6c5ccc43)n2)cc1. The molecule has 0 aliphatic rings. The standard InChI is InChI=1S/C57H36N4O/c1-5-18-37(19-6-1)42-28-17-29-43(38-20-7-2-8-21-38)52(42)41-32-34-49(47(36-41)57-59-55(39-22-9-3-10-23-39)58-56(60-57)40-24-11-4-12-25-40)61-48-30-15-13-27-46(48)53-50(61)35-33-45-44-26-14-16-31-51(44)62-54(45)53/h1-36H. The van der Waals surface area contributed by atoms with Crippen LogP contribution in [0.4, 0.5) is 0 Å². The normalized spacial score (nSPS) is 11.5. The Hall–Kier alpha value is -8.41. The Bertz CT molecular complexity index is 3500. The molecule has 0 aliphatic heterocycles. The number of rotatable bonds is 7. The van der Waals surface area contributed by atoms with Crippen molar-refractivity contribution in [1.82, 2.24) is 19.5 Å². The van der Waals surface area contributed by atoms with Crippen molar-refractivity contribution < 1.29 is 4.42 Å². The molecule has 0 unspecified atom stereocenters. The fourth-order valence-electron chi connectivity index (χ4n) is 9.07. The van der Waals surface area contributed by atoms with E-state index < -0.39 is 0 Å². The molecule has 12 aromatic rings. The number of hydrogen-bond acceptors (Lipinski definition) is 4. The molecule has 0 aliphatic carbocycles. The molecule has 290 valence electrons. The number of nitrogens with zero attached hydrogens (tertiary/aromatic N) is 4. The molecule has 0 bridgehead atoms. The molecular formula is C57H36N4O. The van der Waals surface area contributed by atoms with E-state index in [1.807, 2.05) is 48.5 Å². The van der Waals surface area contributed by atoms with Gasteiger partial charge in [-0.2, -0.15) is 0 Å². The van der Waals surface area contributed by atoms with E-state index >= 15 is 0 Å². The van der Waals surface area contributed by atoms with Crippen molar-refractivity contribution in [3.8, 4) is 73.2 Å². The van der Waals surface area contributed by atoms with Crippen LogP contribution in [0.1, 0.15) is 0 Å². The number of furan rings is 1. The van der Waals surface area contributed by atoms with Crippen molar-refractivity contribution >= 4 is 43.7 Å². The Balaban J connectivity index is 1.20. The zero-order valence-electron chi connectivity index (χ0n) is 33.5. The van der Waals surface area contributed by atoms with E-state index in [0.717, 1.165) is 99.5 Å². The van der Waals surface area contributed by atoms with Gasteiger partial charge in [-0.1, -0.05) is 182 Å². The van der Waals surface area contributed by atoms with Crippen LogP contribution < -0.4 is 0 Å². The zero-order chi connectivity index (χ0) is 41.0. The molecule has 0 fully saturated rings. The first-order chi connectivity index (χ1) is 30.8. The van der Waals surface area contributed by atoms with Gasteiger partial charge in [0.05, 0.1) is 22.1 Å². The van der Waals surface area contributed by atoms with E-state index in [2.05, 4.69) is 174 Å². The molecule has 62 heavy (non-hydrogen) atoms. The number of benzene rings is 9. The van der Waals surface area contributed by atoms with Crippen LogP contribution in [0.15, 0.2) is 223 Å². The molecular weight excluding hydrogens is 757 g/mol. The summed E-state index contributed by atoms with van der Waals surface area (Å²) in [5, 5.41) is 4.36. The van der Waals surface area contributed by atoms with Crippen molar-refractivity contribution in [1.29, 1.82) is 0 Å². The van der Waals surface area contributed by atoms with Gasteiger partial charge in [0.15, 0.2) is 17.5 Å². The van der Waals surface area contributed by atoms with Crippen LogP contribution >= 0.6 is 0 Å². The fraction of sp³-hybridized carbons (Fsp3) is 0. The van der Waals surface area contributed by atoms with Gasteiger partial charge in [-0.3, -0.25) is 0 Å². The van der Waals surface area contributed by atoms with Crippen LogP contribution in [0, 0.1) is 0 Å². The Labute approximate surface area is 357 Å². The third kappa shape index (κ3) is 5.90. The van der Waals surface area contributed by atoms with Crippen LogP contribution in [0.5, 0.6) is 0 Å². The monoisotopic (exact) mass is 792 g/mol. The number of fused-ring (bicyclic) bond motifs is 7. The molecule has 3 heterocycles. The van der Waals surface area contributed by atoms with E-state index in [4.69, 9.17) is 19.4 Å². The maximum atomic E-state index is 6.71. The second-order valence-corrected chi connectivity index (χ2v) is 15.5. The lowest BCUT2D eigenvalue weighted by molar-refractivity contribution is 0.673. The molecule has 0 N–H and O–H groups in total. The molecule has 0 saturated carbocycles. The molecule has 0 saturated heterocycles. The first-order valence-electron chi connectivity index (χ1n) is 20.9. The summed E-state index contributed by atoms with van der Waals surface area (Å²) in [7, 11) is 0. The summed E-state index contributed by atoms with van der Waals surface area (Å²) >= 11 is 0. The molecule has 5 nitrogen and oxygen atoms in total. The van der Waals surface area contributed by atoms with E-state index in [-0.39, 0.29) is 0 Å². The summed E-state index contributed by atoms with van der Waals surface area (Å²) < 4.78 is 9.06. The summed E-state index contributed by atoms with van der Waals surface area (Å²) in [5.74, 6) is 1.78. The van der Waals surface area contributed by atoms with Crippen molar-refractivity contribution in [3.63, 3.8) is 0 Å². The van der Waals surface area contributed by atoms with Gasteiger partial charge in [0.2, 0.25) is 0 Å². The molecule has 0 spiro atoms. The van der Waals surface area contributed by atoms with Gasteiger partial charge in [-0.25, -0.2) is 15.0 Å². The quantitative estimate of drug-likeness (QED) is 0.161. The summed E-state index contributed by atoms with van der Waals surface area (Å²) in [5.41, 5.74) is 14.2. The van der Waals surface area contributed by atoms with Gasteiger partial charge in [0, 0.05) is 32.8 Å². The van der Waals surface area contributed by atoms with Crippen LogP contribution in [0.25, 0.3) is 117 Å². The zero-order valence-corrected chi connectivity index (χ0v) is 33.5. The fourth-order valence-corrected chi connectivity index (χ4v) is 9.07. The lowest BCUT2D eigenvalue weighted by Gasteiger charge is -2.20. The van der Waals surface area contributed by atoms with Crippen molar-refractivity contribution in [2.45, 2.75) is 0 Å².